The minimum atomic E-state index is -0.199. The molecule has 0 aliphatic rings. The third kappa shape index (κ3) is 3.49. The molecule has 2 aromatic heterocycles. The van der Waals surface area contributed by atoms with Gasteiger partial charge in [-0.05, 0) is 43.2 Å². The fraction of sp³-hybridized carbons (Fsp3) is 0.200. The number of carbonyl (C=O) groups is 1. The summed E-state index contributed by atoms with van der Waals surface area (Å²) < 4.78 is 3.24. The van der Waals surface area contributed by atoms with Crippen molar-refractivity contribution in [3.63, 3.8) is 0 Å². The van der Waals surface area contributed by atoms with Crippen LogP contribution in [-0.2, 0) is 11.8 Å². The first kappa shape index (κ1) is 19.5. The maximum absolute atomic E-state index is 12.5. The largest absolute Gasteiger partial charge is 0.324 e. The van der Waals surface area contributed by atoms with Gasteiger partial charge < -0.3 is 5.32 Å². The van der Waals surface area contributed by atoms with E-state index in [-0.39, 0.29) is 17.2 Å². The van der Waals surface area contributed by atoms with E-state index in [9.17, 15) is 9.59 Å². The van der Waals surface area contributed by atoms with Gasteiger partial charge in [-0.15, -0.1) is 10.2 Å². The van der Waals surface area contributed by atoms with E-state index in [1.54, 1.807) is 17.5 Å². The minimum Gasteiger partial charge on any atom is -0.324 e. The SMILES string of the molecule is Cc1cc(C)c(NC(=O)CSc2nnc3n(C)c(=O)c4ccccc4n23)c(Cl)c1. The molecule has 0 spiro atoms. The van der Waals surface area contributed by atoms with Crippen molar-refractivity contribution in [2.24, 2.45) is 7.05 Å². The van der Waals surface area contributed by atoms with Crippen LogP contribution in [0.25, 0.3) is 16.7 Å². The molecule has 2 heterocycles. The van der Waals surface area contributed by atoms with Crippen molar-refractivity contribution in [3.8, 4) is 0 Å². The second kappa shape index (κ2) is 7.53. The Morgan fingerprint density at radius 1 is 1.21 bits per heavy atom. The highest BCUT2D eigenvalue weighted by Crippen LogP contribution is 2.28. The van der Waals surface area contributed by atoms with Gasteiger partial charge >= 0.3 is 0 Å². The molecule has 29 heavy (non-hydrogen) atoms. The van der Waals surface area contributed by atoms with E-state index < -0.39 is 0 Å². The topological polar surface area (TPSA) is 81.3 Å². The van der Waals surface area contributed by atoms with Gasteiger partial charge in [0.1, 0.15) is 0 Å². The van der Waals surface area contributed by atoms with Crippen LogP contribution in [0.4, 0.5) is 5.69 Å². The van der Waals surface area contributed by atoms with Crippen LogP contribution in [0.1, 0.15) is 11.1 Å². The molecule has 4 aromatic rings. The summed E-state index contributed by atoms with van der Waals surface area (Å²) in [4.78, 5) is 25.0. The molecule has 0 fully saturated rings. The summed E-state index contributed by atoms with van der Waals surface area (Å²) >= 11 is 7.52. The Hall–Kier alpha value is -2.84. The molecule has 1 N–H and O–H groups in total. The second-order valence-corrected chi connectivity index (χ2v) is 8.12. The summed E-state index contributed by atoms with van der Waals surface area (Å²) in [5.41, 5.74) is 3.12. The number of hydrogen-bond donors (Lipinski definition) is 1. The first-order valence-corrected chi connectivity index (χ1v) is 10.3. The van der Waals surface area contributed by atoms with Gasteiger partial charge in [0.25, 0.3) is 5.56 Å². The standard InChI is InChI=1S/C20H18ClN5O2S/c1-11-8-12(2)17(14(21)9-11)22-16(27)10-29-20-24-23-19-25(3)18(28)13-6-4-5-7-15(13)26(19)20/h4-9H,10H2,1-3H3,(H,22,27). The van der Waals surface area contributed by atoms with E-state index in [0.29, 0.717) is 32.5 Å². The quantitative estimate of drug-likeness (QED) is 0.503. The molecule has 4 rings (SSSR count). The Balaban J connectivity index is 1.63. The van der Waals surface area contributed by atoms with Crippen molar-refractivity contribution < 1.29 is 4.79 Å². The van der Waals surface area contributed by atoms with Crippen molar-refractivity contribution in [2.75, 3.05) is 11.1 Å². The first-order chi connectivity index (χ1) is 13.9. The number of nitrogens with one attached hydrogen (secondary N) is 1. The highest BCUT2D eigenvalue weighted by atomic mass is 35.5. The van der Waals surface area contributed by atoms with E-state index >= 15 is 0 Å². The lowest BCUT2D eigenvalue weighted by atomic mass is 10.1. The van der Waals surface area contributed by atoms with Gasteiger partial charge in [-0.2, -0.15) is 0 Å². The molecular formula is C20H18ClN5O2S. The minimum absolute atomic E-state index is 0.127. The number of rotatable bonds is 4. The van der Waals surface area contributed by atoms with Crippen LogP contribution in [0, 0.1) is 13.8 Å². The summed E-state index contributed by atoms with van der Waals surface area (Å²) in [5.74, 6) is 0.352. The van der Waals surface area contributed by atoms with E-state index in [0.717, 1.165) is 11.1 Å². The molecule has 0 saturated heterocycles. The molecule has 2 aromatic carbocycles. The number of anilines is 1. The van der Waals surface area contributed by atoms with Gasteiger partial charge in [0, 0.05) is 7.05 Å². The number of para-hydroxylation sites is 1. The molecule has 7 nitrogen and oxygen atoms in total. The highest BCUT2D eigenvalue weighted by molar-refractivity contribution is 7.99. The number of fused-ring (bicyclic) bond motifs is 3. The monoisotopic (exact) mass is 427 g/mol. The fourth-order valence-corrected chi connectivity index (χ4v) is 4.39. The summed E-state index contributed by atoms with van der Waals surface area (Å²) in [6, 6.07) is 11.1. The maximum atomic E-state index is 12.5. The van der Waals surface area contributed by atoms with Gasteiger partial charge in [-0.3, -0.25) is 18.6 Å². The number of halogens is 1. The molecule has 0 atom stereocenters. The smallest absolute Gasteiger partial charge is 0.262 e. The Labute approximate surface area is 175 Å². The summed E-state index contributed by atoms with van der Waals surface area (Å²) in [5, 5.41) is 12.8. The van der Waals surface area contributed by atoms with Gasteiger partial charge in [0.05, 0.1) is 27.4 Å². The third-order valence-corrected chi connectivity index (χ3v) is 5.85. The van der Waals surface area contributed by atoms with Gasteiger partial charge in [0.2, 0.25) is 11.7 Å². The first-order valence-electron chi connectivity index (χ1n) is 8.89. The number of benzene rings is 2. The lowest BCUT2D eigenvalue weighted by molar-refractivity contribution is -0.113. The highest BCUT2D eigenvalue weighted by Gasteiger charge is 2.16. The lowest BCUT2D eigenvalue weighted by Gasteiger charge is -2.11. The zero-order valence-corrected chi connectivity index (χ0v) is 17.6. The molecular weight excluding hydrogens is 410 g/mol. The van der Waals surface area contributed by atoms with Crippen molar-refractivity contribution in [2.45, 2.75) is 19.0 Å². The van der Waals surface area contributed by atoms with Crippen molar-refractivity contribution in [3.05, 3.63) is 62.9 Å². The molecule has 0 bridgehead atoms. The third-order valence-electron chi connectivity index (χ3n) is 4.62. The molecule has 0 saturated carbocycles. The van der Waals surface area contributed by atoms with Gasteiger partial charge in [-0.25, -0.2) is 0 Å². The Bertz CT molecular complexity index is 1300. The van der Waals surface area contributed by atoms with E-state index in [2.05, 4.69) is 15.5 Å². The van der Waals surface area contributed by atoms with E-state index in [4.69, 9.17) is 11.6 Å². The van der Waals surface area contributed by atoms with Crippen molar-refractivity contribution in [1.29, 1.82) is 0 Å². The number of aryl methyl sites for hydroxylation is 3. The van der Waals surface area contributed by atoms with Crippen LogP contribution in [0.3, 0.4) is 0 Å². The van der Waals surface area contributed by atoms with Crippen LogP contribution in [0.5, 0.6) is 0 Å². The number of hydrogen-bond acceptors (Lipinski definition) is 5. The molecule has 9 heteroatoms. The molecule has 0 radical (unpaired) electrons. The number of aromatic nitrogens is 4. The van der Waals surface area contributed by atoms with Crippen LogP contribution in [-0.4, -0.2) is 30.8 Å². The average molecular weight is 428 g/mol. The molecule has 0 aliphatic carbocycles. The predicted octanol–water partition coefficient (Wildman–Crippen LogP) is 3.58. The summed E-state index contributed by atoms with van der Waals surface area (Å²) in [7, 11) is 1.65. The molecule has 148 valence electrons. The zero-order chi connectivity index (χ0) is 20.7. The van der Waals surface area contributed by atoms with E-state index in [1.165, 1.54) is 16.3 Å². The molecule has 0 unspecified atom stereocenters. The number of nitrogens with zero attached hydrogens (tertiary/aromatic N) is 4. The fourth-order valence-electron chi connectivity index (χ4n) is 3.28. The normalized spacial score (nSPS) is 11.3. The lowest BCUT2D eigenvalue weighted by Crippen LogP contribution is -2.20. The zero-order valence-electron chi connectivity index (χ0n) is 16.1. The average Bonchev–Trinajstić information content (AvgIpc) is 3.11. The molecule has 1 amide bonds. The number of thioether (sulfide) groups is 1. The van der Waals surface area contributed by atoms with Crippen molar-refractivity contribution >= 4 is 51.6 Å². The van der Waals surface area contributed by atoms with E-state index in [1.807, 2.05) is 44.2 Å². The van der Waals surface area contributed by atoms with Crippen LogP contribution >= 0.6 is 23.4 Å². The number of carbonyl (C=O) groups excluding carboxylic acids is 1. The van der Waals surface area contributed by atoms with Crippen molar-refractivity contribution in [1.82, 2.24) is 19.2 Å². The second-order valence-electron chi connectivity index (χ2n) is 6.77. The van der Waals surface area contributed by atoms with Crippen LogP contribution in [0.15, 0.2) is 46.3 Å². The molecule has 0 aliphatic heterocycles. The maximum Gasteiger partial charge on any atom is 0.262 e. The van der Waals surface area contributed by atoms with Gasteiger partial charge in [0.15, 0.2) is 5.16 Å². The number of amides is 1. The predicted molar refractivity (Wildman–Crippen MR) is 116 cm³/mol. The summed E-state index contributed by atoms with van der Waals surface area (Å²) in [6.07, 6.45) is 0. The van der Waals surface area contributed by atoms with Crippen LogP contribution in [0.2, 0.25) is 5.02 Å². The Kier molecular flexibility index (Phi) is 5.06. The Morgan fingerprint density at radius 2 is 1.97 bits per heavy atom. The Morgan fingerprint density at radius 3 is 2.72 bits per heavy atom. The van der Waals surface area contributed by atoms with Gasteiger partial charge in [-0.1, -0.05) is 41.6 Å². The summed E-state index contributed by atoms with van der Waals surface area (Å²) in [6.45, 7) is 3.86. The van der Waals surface area contributed by atoms with Crippen LogP contribution < -0.4 is 10.9 Å².